The molecule has 0 saturated carbocycles. The highest BCUT2D eigenvalue weighted by Gasteiger charge is 2.36. The van der Waals surface area contributed by atoms with E-state index in [1.165, 1.54) is 12.3 Å². The smallest absolute Gasteiger partial charge is 0.141 e. The first-order valence-corrected chi connectivity index (χ1v) is 10.0. The van der Waals surface area contributed by atoms with Crippen molar-refractivity contribution in [3.05, 3.63) is 84.1 Å². The van der Waals surface area contributed by atoms with E-state index in [1.54, 1.807) is 12.3 Å². The topological polar surface area (TPSA) is 70.5 Å². The molecule has 0 radical (unpaired) electrons. The van der Waals surface area contributed by atoms with Crippen LogP contribution in [0, 0.1) is 5.82 Å². The molecule has 30 heavy (non-hydrogen) atoms. The molecule has 0 unspecified atom stereocenters. The quantitative estimate of drug-likeness (QED) is 0.597. The molecule has 2 aromatic heterocycles. The molecule has 156 valence electrons. The summed E-state index contributed by atoms with van der Waals surface area (Å²) in [5, 5.41) is 14.2. The maximum atomic E-state index is 13.0. The van der Waals surface area contributed by atoms with Crippen LogP contribution in [0.25, 0.3) is 0 Å². The molecule has 1 fully saturated rings. The highest BCUT2D eigenvalue weighted by atomic mass is 19.1. The average molecular weight is 408 g/mol. The van der Waals surface area contributed by atoms with Crippen molar-refractivity contribution in [1.29, 1.82) is 0 Å². The standard InChI is InChI=1S/C23H25FN4O2/c24-19-6-9-22(27-14-19)28-12-10-23(29,17-28)16-25-13-18-4-7-21(8-5-18)30-15-20-3-1-2-11-26-20/h1-9,11,14,25,29H,10,12-13,15-17H2/t23-/m0/s1. The fourth-order valence-corrected chi connectivity index (χ4v) is 3.54. The fourth-order valence-electron chi connectivity index (χ4n) is 3.54. The van der Waals surface area contributed by atoms with E-state index in [0.717, 1.165) is 17.0 Å². The highest BCUT2D eigenvalue weighted by molar-refractivity contribution is 5.40. The molecule has 0 spiro atoms. The Hall–Kier alpha value is -3.03. The Morgan fingerprint density at radius 2 is 1.97 bits per heavy atom. The SMILES string of the molecule is O[C@]1(CNCc2ccc(OCc3ccccn3)cc2)CCN(c2ccc(F)cn2)C1. The second-order valence-corrected chi connectivity index (χ2v) is 7.59. The van der Waals surface area contributed by atoms with E-state index in [1.807, 2.05) is 47.4 Å². The largest absolute Gasteiger partial charge is 0.487 e. The number of aromatic nitrogens is 2. The normalized spacial score (nSPS) is 18.5. The number of ether oxygens (including phenoxy) is 1. The number of rotatable bonds is 8. The minimum atomic E-state index is -0.832. The van der Waals surface area contributed by atoms with Crippen LogP contribution in [0.4, 0.5) is 10.2 Å². The van der Waals surface area contributed by atoms with E-state index in [-0.39, 0.29) is 5.82 Å². The molecule has 1 aliphatic rings. The molecular formula is C23H25FN4O2. The number of benzene rings is 1. The molecule has 0 bridgehead atoms. The third kappa shape index (κ3) is 5.31. The van der Waals surface area contributed by atoms with Gasteiger partial charge in [-0.25, -0.2) is 9.37 Å². The monoisotopic (exact) mass is 408 g/mol. The molecule has 1 saturated heterocycles. The van der Waals surface area contributed by atoms with Crippen LogP contribution >= 0.6 is 0 Å². The van der Waals surface area contributed by atoms with E-state index in [0.29, 0.717) is 45.0 Å². The van der Waals surface area contributed by atoms with Crippen molar-refractivity contribution in [1.82, 2.24) is 15.3 Å². The molecule has 4 rings (SSSR count). The van der Waals surface area contributed by atoms with Crippen molar-refractivity contribution in [2.45, 2.75) is 25.2 Å². The number of nitrogens with one attached hydrogen (secondary N) is 1. The summed E-state index contributed by atoms with van der Waals surface area (Å²) in [6.07, 6.45) is 3.59. The van der Waals surface area contributed by atoms with Crippen molar-refractivity contribution < 1.29 is 14.2 Å². The molecule has 1 aliphatic heterocycles. The third-order valence-corrected chi connectivity index (χ3v) is 5.19. The van der Waals surface area contributed by atoms with Gasteiger partial charge in [-0.2, -0.15) is 0 Å². The minimum absolute atomic E-state index is 0.358. The van der Waals surface area contributed by atoms with Gasteiger partial charge in [0.05, 0.1) is 17.5 Å². The lowest BCUT2D eigenvalue weighted by Gasteiger charge is -2.24. The van der Waals surface area contributed by atoms with Gasteiger partial charge in [-0.3, -0.25) is 4.98 Å². The maximum Gasteiger partial charge on any atom is 0.141 e. The van der Waals surface area contributed by atoms with Crippen LogP contribution in [0.1, 0.15) is 17.7 Å². The molecular weight excluding hydrogens is 383 g/mol. The van der Waals surface area contributed by atoms with Crippen LogP contribution < -0.4 is 15.0 Å². The van der Waals surface area contributed by atoms with Gasteiger partial charge in [0.15, 0.2) is 0 Å². The van der Waals surface area contributed by atoms with Crippen molar-refractivity contribution in [3.63, 3.8) is 0 Å². The summed E-state index contributed by atoms with van der Waals surface area (Å²) in [5.74, 6) is 1.12. The van der Waals surface area contributed by atoms with Crippen molar-refractivity contribution >= 4 is 5.82 Å². The third-order valence-electron chi connectivity index (χ3n) is 5.19. The van der Waals surface area contributed by atoms with Crippen LogP contribution in [0.5, 0.6) is 5.75 Å². The van der Waals surface area contributed by atoms with Crippen LogP contribution in [0.15, 0.2) is 67.0 Å². The zero-order valence-corrected chi connectivity index (χ0v) is 16.7. The molecule has 3 heterocycles. The summed E-state index contributed by atoms with van der Waals surface area (Å²) in [5.41, 5.74) is 1.17. The summed E-state index contributed by atoms with van der Waals surface area (Å²) in [6.45, 7) is 2.73. The Morgan fingerprint density at radius 1 is 1.10 bits per heavy atom. The van der Waals surface area contributed by atoms with Gasteiger partial charge in [0.25, 0.3) is 0 Å². The van der Waals surface area contributed by atoms with E-state index in [4.69, 9.17) is 4.74 Å². The van der Waals surface area contributed by atoms with Crippen LogP contribution in [-0.4, -0.2) is 40.3 Å². The Bertz CT molecular complexity index is 938. The van der Waals surface area contributed by atoms with Gasteiger partial charge in [0, 0.05) is 32.4 Å². The Balaban J connectivity index is 1.22. The zero-order valence-electron chi connectivity index (χ0n) is 16.7. The van der Waals surface area contributed by atoms with E-state index < -0.39 is 5.60 Å². The summed E-state index contributed by atoms with van der Waals surface area (Å²) >= 11 is 0. The second-order valence-electron chi connectivity index (χ2n) is 7.59. The number of aliphatic hydroxyl groups is 1. The lowest BCUT2D eigenvalue weighted by molar-refractivity contribution is 0.0626. The average Bonchev–Trinajstić information content (AvgIpc) is 3.16. The van der Waals surface area contributed by atoms with Gasteiger partial charge >= 0.3 is 0 Å². The molecule has 0 amide bonds. The first kappa shape index (κ1) is 20.3. The molecule has 0 aliphatic carbocycles. The number of hydrogen-bond acceptors (Lipinski definition) is 6. The number of anilines is 1. The van der Waals surface area contributed by atoms with E-state index >= 15 is 0 Å². The fraction of sp³-hybridized carbons (Fsp3) is 0.304. The summed E-state index contributed by atoms with van der Waals surface area (Å²) in [4.78, 5) is 10.3. The van der Waals surface area contributed by atoms with Crippen LogP contribution in [0.2, 0.25) is 0 Å². The number of nitrogens with zero attached hydrogens (tertiary/aromatic N) is 3. The van der Waals surface area contributed by atoms with Gasteiger partial charge in [-0.05, 0) is 48.4 Å². The molecule has 1 atom stereocenters. The number of halogens is 1. The first-order valence-electron chi connectivity index (χ1n) is 10.0. The molecule has 6 nitrogen and oxygen atoms in total. The van der Waals surface area contributed by atoms with Gasteiger partial charge in [0.1, 0.15) is 24.0 Å². The number of hydrogen-bond donors (Lipinski definition) is 2. The molecule has 3 aromatic rings. The van der Waals surface area contributed by atoms with Crippen molar-refractivity contribution in [2.24, 2.45) is 0 Å². The van der Waals surface area contributed by atoms with Crippen LogP contribution in [-0.2, 0) is 13.2 Å². The van der Waals surface area contributed by atoms with Gasteiger partial charge in [-0.15, -0.1) is 0 Å². The Kier molecular flexibility index (Phi) is 6.21. The Morgan fingerprint density at radius 3 is 2.70 bits per heavy atom. The Labute approximate surface area is 175 Å². The summed E-state index contributed by atoms with van der Waals surface area (Å²) in [6, 6.07) is 16.7. The lowest BCUT2D eigenvalue weighted by atomic mass is 10.0. The van der Waals surface area contributed by atoms with E-state index in [2.05, 4.69) is 15.3 Å². The first-order chi connectivity index (χ1) is 14.6. The van der Waals surface area contributed by atoms with E-state index in [9.17, 15) is 9.50 Å². The predicted octanol–water partition coefficient (Wildman–Crippen LogP) is 2.93. The number of β-amino-alcohol motifs (C(OH)–C–C–N with tert-alkyl or cyclic N) is 1. The van der Waals surface area contributed by atoms with Gasteiger partial charge in [0.2, 0.25) is 0 Å². The second kappa shape index (κ2) is 9.19. The summed E-state index contributed by atoms with van der Waals surface area (Å²) in [7, 11) is 0. The maximum absolute atomic E-state index is 13.0. The van der Waals surface area contributed by atoms with Gasteiger partial charge < -0.3 is 20.1 Å². The molecule has 7 heteroatoms. The van der Waals surface area contributed by atoms with Gasteiger partial charge in [-0.1, -0.05) is 18.2 Å². The predicted molar refractivity (Wildman–Crippen MR) is 113 cm³/mol. The number of pyridine rings is 2. The lowest BCUT2D eigenvalue weighted by Crippen LogP contribution is -2.43. The van der Waals surface area contributed by atoms with Crippen LogP contribution in [0.3, 0.4) is 0 Å². The molecule has 1 aromatic carbocycles. The van der Waals surface area contributed by atoms with Crippen molar-refractivity contribution in [3.8, 4) is 5.75 Å². The minimum Gasteiger partial charge on any atom is -0.487 e. The molecule has 2 N–H and O–H groups in total. The zero-order chi connectivity index (χ0) is 20.8. The summed E-state index contributed by atoms with van der Waals surface area (Å²) < 4.78 is 18.8. The highest BCUT2D eigenvalue weighted by Crippen LogP contribution is 2.25. The van der Waals surface area contributed by atoms with Crippen molar-refractivity contribution in [2.75, 3.05) is 24.5 Å².